The first-order valence-corrected chi connectivity index (χ1v) is 3.99. The number of ether oxygens (including phenoxy) is 1. The molecular formula is C8H13N3O2. The Balaban J connectivity index is 3.16. The van der Waals surface area contributed by atoms with E-state index < -0.39 is 5.97 Å². The summed E-state index contributed by atoms with van der Waals surface area (Å²) >= 11 is 0. The second-order valence-corrected chi connectivity index (χ2v) is 2.98. The molecule has 1 rings (SSSR count). The van der Waals surface area contributed by atoms with E-state index >= 15 is 0 Å². The van der Waals surface area contributed by atoms with E-state index in [0.29, 0.717) is 11.4 Å². The normalized spacial score (nSPS) is 10.5. The molecule has 0 fully saturated rings. The highest BCUT2D eigenvalue weighted by molar-refractivity contribution is 5.92. The molecule has 72 valence electrons. The number of nitrogens with zero attached hydrogens (tertiary/aromatic N) is 2. The second-order valence-electron chi connectivity index (χ2n) is 2.98. The Hall–Kier alpha value is -1.52. The van der Waals surface area contributed by atoms with Gasteiger partial charge in [0.1, 0.15) is 0 Å². The molecule has 0 bridgehead atoms. The van der Waals surface area contributed by atoms with E-state index in [1.165, 1.54) is 13.3 Å². The van der Waals surface area contributed by atoms with Gasteiger partial charge in [-0.1, -0.05) is 0 Å². The Labute approximate surface area is 76.5 Å². The van der Waals surface area contributed by atoms with Crippen molar-refractivity contribution in [1.29, 1.82) is 0 Å². The van der Waals surface area contributed by atoms with Crippen molar-refractivity contribution in [2.24, 2.45) is 0 Å². The van der Waals surface area contributed by atoms with Crippen LogP contribution in [0.2, 0.25) is 0 Å². The van der Waals surface area contributed by atoms with Gasteiger partial charge in [0.15, 0.2) is 5.69 Å². The lowest BCUT2D eigenvalue weighted by molar-refractivity contribution is 0.0586. The highest BCUT2D eigenvalue weighted by atomic mass is 16.5. The summed E-state index contributed by atoms with van der Waals surface area (Å²) in [6.45, 7) is 3.83. The summed E-state index contributed by atoms with van der Waals surface area (Å²) in [7, 11) is 1.32. The average molecular weight is 183 g/mol. The fraction of sp³-hybridized carbons (Fsp3) is 0.500. The maximum absolute atomic E-state index is 11.3. The third-order valence-corrected chi connectivity index (χ3v) is 1.69. The molecule has 0 spiro atoms. The lowest BCUT2D eigenvalue weighted by atomic mass is 10.3. The van der Waals surface area contributed by atoms with Crippen LogP contribution in [0.1, 0.15) is 30.4 Å². The van der Waals surface area contributed by atoms with E-state index in [-0.39, 0.29) is 6.04 Å². The van der Waals surface area contributed by atoms with Crippen LogP contribution in [0, 0.1) is 0 Å². The monoisotopic (exact) mass is 183 g/mol. The number of nitrogens with two attached hydrogens (primary N) is 1. The van der Waals surface area contributed by atoms with Crippen LogP contribution in [0.15, 0.2) is 6.20 Å². The van der Waals surface area contributed by atoms with E-state index in [9.17, 15) is 4.79 Å². The van der Waals surface area contributed by atoms with Gasteiger partial charge in [-0.3, -0.25) is 4.68 Å². The van der Waals surface area contributed by atoms with Gasteiger partial charge in [-0.15, -0.1) is 0 Å². The molecular weight excluding hydrogens is 170 g/mol. The van der Waals surface area contributed by atoms with Crippen LogP contribution >= 0.6 is 0 Å². The SMILES string of the molecule is COC(=O)c1c(N)cnn1C(C)C. The van der Waals surface area contributed by atoms with Crippen molar-refractivity contribution in [3.8, 4) is 0 Å². The maximum Gasteiger partial charge on any atom is 0.358 e. The summed E-state index contributed by atoms with van der Waals surface area (Å²) in [5.41, 5.74) is 6.24. The highest BCUT2D eigenvalue weighted by Gasteiger charge is 2.18. The largest absolute Gasteiger partial charge is 0.464 e. The Bertz CT molecular complexity index is 317. The molecule has 0 aliphatic rings. The van der Waals surface area contributed by atoms with Crippen molar-refractivity contribution >= 4 is 11.7 Å². The molecule has 0 saturated heterocycles. The number of rotatable bonds is 2. The van der Waals surface area contributed by atoms with Crippen molar-refractivity contribution in [3.05, 3.63) is 11.9 Å². The first-order chi connectivity index (χ1) is 6.07. The van der Waals surface area contributed by atoms with Crippen LogP contribution in [0.25, 0.3) is 0 Å². The second kappa shape index (κ2) is 3.47. The minimum Gasteiger partial charge on any atom is -0.464 e. The number of methoxy groups -OCH3 is 1. The van der Waals surface area contributed by atoms with Crippen molar-refractivity contribution in [3.63, 3.8) is 0 Å². The molecule has 0 atom stereocenters. The quantitative estimate of drug-likeness (QED) is 0.689. The molecule has 5 nitrogen and oxygen atoms in total. The third-order valence-electron chi connectivity index (χ3n) is 1.69. The van der Waals surface area contributed by atoms with Crippen LogP contribution in [0.4, 0.5) is 5.69 Å². The Morgan fingerprint density at radius 1 is 1.69 bits per heavy atom. The molecule has 0 amide bonds. The zero-order chi connectivity index (χ0) is 10.0. The number of nitrogen functional groups attached to an aromatic ring is 1. The minimum atomic E-state index is -0.455. The summed E-state index contributed by atoms with van der Waals surface area (Å²) in [6, 6.07) is 0.0893. The van der Waals surface area contributed by atoms with Crippen LogP contribution in [-0.4, -0.2) is 22.9 Å². The zero-order valence-electron chi connectivity index (χ0n) is 7.94. The van der Waals surface area contributed by atoms with Crippen molar-refractivity contribution in [2.45, 2.75) is 19.9 Å². The Morgan fingerprint density at radius 2 is 2.31 bits per heavy atom. The first kappa shape index (κ1) is 9.57. The molecule has 1 heterocycles. The molecule has 0 unspecified atom stereocenters. The third kappa shape index (κ3) is 1.63. The Kier molecular flexibility index (Phi) is 2.55. The first-order valence-electron chi connectivity index (χ1n) is 3.99. The summed E-state index contributed by atoms with van der Waals surface area (Å²) in [4.78, 5) is 11.3. The van der Waals surface area contributed by atoms with E-state index in [0.717, 1.165) is 0 Å². The molecule has 13 heavy (non-hydrogen) atoms. The summed E-state index contributed by atoms with van der Waals surface area (Å²) in [6.07, 6.45) is 1.45. The minimum absolute atomic E-state index is 0.0893. The van der Waals surface area contributed by atoms with Gasteiger partial charge in [-0.2, -0.15) is 5.10 Å². The van der Waals surface area contributed by atoms with Crippen molar-refractivity contribution in [1.82, 2.24) is 9.78 Å². The predicted octanol–water partition coefficient (Wildman–Crippen LogP) is 0.833. The number of aromatic nitrogens is 2. The van der Waals surface area contributed by atoms with Crippen LogP contribution < -0.4 is 5.73 Å². The summed E-state index contributed by atoms with van der Waals surface area (Å²) in [5, 5.41) is 3.98. The van der Waals surface area contributed by atoms with Crippen LogP contribution in [0.5, 0.6) is 0 Å². The van der Waals surface area contributed by atoms with E-state index in [1.807, 2.05) is 13.8 Å². The fourth-order valence-electron chi connectivity index (χ4n) is 1.08. The van der Waals surface area contributed by atoms with Gasteiger partial charge in [-0.25, -0.2) is 4.79 Å². The highest BCUT2D eigenvalue weighted by Crippen LogP contribution is 2.16. The maximum atomic E-state index is 11.3. The molecule has 0 aliphatic carbocycles. The standard InChI is InChI=1S/C8H13N3O2/c1-5(2)11-7(8(12)13-3)6(9)4-10-11/h4-5H,9H2,1-3H3. The smallest absolute Gasteiger partial charge is 0.358 e. The van der Waals surface area contributed by atoms with E-state index in [4.69, 9.17) is 5.73 Å². The number of hydrogen-bond donors (Lipinski definition) is 1. The zero-order valence-corrected chi connectivity index (χ0v) is 7.94. The number of carbonyl (C=O) groups is 1. The lowest BCUT2D eigenvalue weighted by Crippen LogP contribution is -2.15. The van der Waals surface area contributed by atoms with Gasteiger partial charge in [-0.05, 0) is 13.8 Å². The predicted molar refractivity (Wildman–Crippen MR) is 48.4 cm³/mol. The summed E-state index contributed by atoms with van der Waals surface area (Å²) < 4.78 is 6.13. The molecule has 1 aromatic rings. The molecule has 1 aromatic heterocycles. The van der Waals surface area contributed by atoms with Gasteiger partial charge in [0.2, 0.25) is 0 Å². The molecule has 0 aromatic carbocycles. The molecule has 0 aliphatic heterocycles. The number of esters is 1. The lowest BCUT2D eigenvalue weighted by Gasteiger charge is -2.09. The van der Waals surface area contributed by atoms with Gasteiger partial charge in [0, 0.05) is 6.04 Å². The topological polar surface area (TPSA) is 70.1 Å². The van der Waals surface area contributed by atoms with Crippen molar-refractivity contribution in [2.75, 3.05) is 12.8 Å². The van der Waals surface area contributed by atoms with Gasteiger partial charge < -0.3 is 10.5 Å². The van der Waals surface area contributed by atoms with Crippen LogP contribution in [0.3, 0.4) is 0 Å². The molecule has 0 radical (unpaired) electrons. The van der Waals surface area contributed by atoms with Crippen LogP contribution in [-0.2, 0) is 4.74 Å². The van der Waals surface area contributed by atoms with E-state index in [1.54, 1.807) is 4.68 Å². The summed E-state index contributed by atoms with van der Waals surface area (Å²) in [5.74, 6) is -0.455. The Morgan fingerprint density at radius 3 is 2.77 bits per heavy atom. The van der Waals surface area contributed by atoms with E-state index in [2.05, 4.69) is 9.84 Å². The molecule has 2 N–H and O–H groups in total. The van der Waals surface area contributed by atoms with Crippen molar-refractivity contribution < 1.29 is 9.53 Å². The molecule has 5 heteroatoms. The average Bonchev–Trinajstić information content (AvgIpc) is 2.46. The van der Waals surface area contributed by atoms with Gasteiger partial charge in [0.05, 0.1) is 19.0 Å². The van der Waals surface area contributed by atoms with Gasteiger partial charge >= 0.3 is 5.97 Å². The number of hydrogen-bond acceptors (Lipinski definition) is 4. The number of carbonyl (C=O) groups excluding carboxylic acids is 1. The molecule has 0 saturated carbocycles. The number of anilines is 1. The fourth-order valence-corrected chi connectivity index (χ4v) is 1.08. The van der Waals surface area contributed by atoms with Gasteiger partial charge in [0.25, 0.3) is 0 Å².